The van der Waals surface area contributed by atoms with Gasteiger partial charge in [0.15, 0.2) is 0 Å². The van der Waals surface area contributed by atoms with Gasteiger partial charge in [-0.2, -0.15) is 0 Å². The van der Waals surface area contributed by atoms with Crippen molar-refractivity contribution in [2.45, 2.75) is 57.5 Å². The lowest BCUT2D eigenvalue weighted by molar-refractivity contribution is -0.159. The van der Waals surface area contributed by atoms with Crippen molar-refractivity contribution in [3.63, 3.8) is 0 Å². The summed E-state index contributed by atoms with van der Waals surface area (Å²) in [4.78, 5) is 13.6. The Kier molecular flexibility index (Phi) is 3.53. The number of hydrogen-bond acceptors (Lipinski definition) is 2. The fourth-order valence-electron chi connectivity index (χ4n) is 2.53. The number of unbranched alkanes of at least 4 members (excludes halogenated alkanes) is 3. The molecular weight excluding hydrogens is 202 g/mol. The summed E-state index contributed by atoms with van der Waals surface area (Å²) in [5.74, 6) is 0.720. The monoisotopic (exact) mass is 225 g/mol. The van der Waals surface area contributed by atoms with Gasteiger partial charge in [0, 0.05) is 6.42 Å². The van der Waals surface area contributed by atoms with E-state index < -0.39 is 5.60 Å². The lowest BCUT2D eigenvalue weighted by Crippen LogP contribution is -2.64. The van der Waals surface area contributed by atoms with Gasteiger partial charge in [0.2, 0.25) is 5.91 Å². The second-order valence-corrected chi connectivity index (χ2v) is 5.44. The van der Waals surface area contributed by atoms with E-state index in [-0.39, 0.29) is 5.91 Å². The number of aliphatic hydroxyl groups is 1. The van der Waals surface area contributed by atoms with Crippen LogP contribution in [0.25, 0.3) is 0 Å². The van der Waals surface area contributed by atoms with Crippen LogP contribution < -0.4 is 0 Å². The Morgan fingerprint density at radius 2 is 2.00 bits per heavy atom. The zero-order valence-electron chi connectivity index (χ0n) is 10.2. The van der Waals surface area contributed by atoms with Gasteiger partial charge in [0.1, 0.15) is 5.60 Å². The maximum absolute atomic E-state index is 11.7. The molecule has 0 unspecified atom stereocenters. The quantitative estimate of drug-likeness (QED) is 0.702. The molecule has 0 atom stereocenters. The number of carbonyl (C=O) groups excluding carboxylic acids is 1. The first-order chi connectivity index (χ1) is 7.65. The van der Waals surface area contributed by atoms with Crippen LogP contribution in [0.1, 0.15) is 51.9 Å². The van der Waals surface area contributed by atoms with Crippen molar-refractivity contribution >= 4 is 5.91 Å². The third-order valence-corrected chi connectivity index (χ3v) is 3.86. The van der Waals surface area contributed by atoms with Crippen molar-refractivity contribution in [1.29, 1.82) is 0 Å². The van der Waals surface area contributed by atoms with E-state index in [0.29, 0.717) is 25.4 Å². The highest BCUT2D eigenvalue weighted by Crippen LogP contribution is 2.44. The van der Waals surface area contributed by atoms with Crippen molar-refractivity contribution in [3.8, 4) is 0 Å². The SMILES string of the molecule is CCCCCCC(=O)N1CC(O)(C2CC2)C1. The van der Waals surface area contributed by atoms with Crippen molar-refractivity contribution in [1.82, 2.24) is 4.90 Å². The Balaban J connectivity index is 1.61. The second-order valence-electron chi connectivity index (χ2n) is 5.44. The summed E-state index contributed by atoms with van der Waals surface area (Å²) in [6.45, 7) is 3.35. The fraction of sp³-hybridized carbons (Fsp3) is 0.923. The van der Waals surface area contributed by atoms with Gasteiger partial charge >= 0.3 is 0 Å². The lowest BCUT2D eigenvalue weighted by atomic mass is 9.88. The molecule has 1 heterocycles. The molecule has 0 aromatic heterocycles. The number of hydrogen-bond donors (Lipinski definition) is 1. The third-order valence-electron chi connectivity index (χ3n) is 3.86. The number of likely N-dealkylation sites (tertiary alicyclic amines) is 1. The summed E-state index contributed by atoms with van der Waals surface area (Å²) in [7, 11) is 0. The molecule has 2 aliphatic rings. The summed E-state index contributed by atoms with van der Waals surface area (Å²) in [6, 6.07) is 0. The molecule has 1 amide bonds. The van der Waals surface area contributed by atoms with Gasteiger partial charge in [-0.3, -0.25) is 4.79 Å². The zero-order chi connectivity index (χ0) is 11.6. The van der Waals surface area contributed by atoms with Crippen LogP contribution in [0.2, 0.25) is 0 Å². The molecule has 2 rings (SSSR count). The minimum absolute atomic E-state index is 0.237. The van der Waals surface area contributed by atoms with Gasteiger partial charge in [-0.25, -0.2) is 0 Å². The molecule has 3 heteroatoms. The highest BCUT2D eigenvalue weighted by Gasteiger charge is 2.52. The van der Waals surface area contributed by atoms with Crippen LogP contribution in [-0.4, -0.2) is 34.6 Å². The average Bonchev–Trinajstić information content (AvgIpc) is 3.03. The Labute approximate surface area is 97.8 Å². The van der Waals surface area contributed by atoms with Crippen LogP contribution in [0.5, 0.6) is 0 Å². The first-order valence-corrected chi connectivity index (χ1v) is 6.66. The largest absolute Gasteiger partial charge is 0.386 e. The smallest absolute Gasteiger partial charge is 0.222 e. The van der Waals surface area contributed by atoms with Crippen LogP contribution in [0.4, 0.5) is 0 Å². The molecule has 1 saturated carbocycles. The summed E-state index contributed by atoms with van der Waals surface area (Å²) in [6.07, 6.45) is 7.55. The molecule has 0 spiro atoms. The molecule has 0 aromatic rings. The predicted octanol–water partition coefficient (Wildman–Crippen LogP) is 1.94. The maximum Gasteiger partial charge on any atom is 0.222 e. The summed E-state index contributed by atoms with van der Waals surface area (Å²) in [5, 5.41) is 10.1. The molecule has 1 N–H and O–H groups in total. The molecule has 1 saturated heterocycles. The first-order valence-electron chi connectivity index (χ1n) is 6.66. The number of β-amino-alcohol motifs (C(OH)–C–C–N with tert-alkyl or cyclic N) is 1. The first kappa shape index (κ1) is 11.9. The van der Waals surface area contributed by atoms with E-state index in [9.17, 15) is 9.90 Å². The van der Waals surface area contributed by atoms with Gasteiger partial charge in [-0.1, -0.05) is 26.2 Å². The van der Waals surface area contributed by atoms with Crippen molar-refractivity contribution < 1.29 is 9.90 Å². The van der Waals surface area contributed by atoms with Gasteiger partial charge < -0.3 is 10.0 Å². The van der Waals surface area contributed by atoms with E-state index in [1.165, 1.54) is 12.8 Å². The molecular formula is C13H23NO2. The Bertz CT molecular complexity index is 255. The van der Waals surface area contributed by atoms with Gasteiger partial charge in [-0.15, -0.1) is 0 Å². The Morgan fingerprint density at radius 3 is 2.56 bits per heavy atom. The third kappa shape index (κ3) is 2.57. The van der Waals surface area contributed by atoms with E-state index >= 15 is 0 Å². The predicted molar refractivity (Wildman–Crippen MR) is 63.0 cm³/mol. The van der Waals surface area contributed by atoms with Gasteiger partial charge in [-0.05, 0) is 25.2 Å². The second kappa shape index (κ2) is 4.74. The van der Waals surface area contributed by atoms with E-state index in [0.717, 1.165) is 25.7 Å². The van der Waals surface area contributed by atoms with Crippen molar-refractivity contribution in [2.75, 3.05) is 13.1 Å². The molecule has 0 radical (unpaired) electrons. The molecule has 2 fully saturated rings. The van der Waals surface area contributed by atoms with Crippen LogP contribution in [0.15, 0.2) is 0 Å². The number of rotatable bonds is 6. The summed E-state index contributed by atoms with van der Waals surface area (Å²) in [5.41, 5.74) is -0.515. The van der Waals surface area contributed by atoms with E-state index in [1.54, 1.807) is 0 Å². The maximum atomic E-state index is 11.7. The summed E-state index contributed by atoms with van der Waals surface area (Å²) < 4.78 is 0. The summed E-state index contributed by atoms with van der Waals surface area (Å²) >= 11 is 0. The van der Waals surface area contributed by atoms with Crippen LogP contribution >= 0.6 is 0 Å². The molecule has 1 aliphatic carbocycles. The van der Waals surface area contributed by atoms with Crippen molar-refractivity contribution in [2.24, 2.45) is 5.92 Å². The topological polar surface area (TPSA) is 40.5 Å². The zero-order valence-corrected chi connectivity index (χ0v) is 10.2. The minimum Gasteiger partial charge on any atom is -0.386 e. The van der Waals surface area contributed by atoms with E-state index in [1.807, 2.05) is 4.90 Å². The molecule has 3 nitrogen and oxygen atoms in total. The number of carbonyl (C=O) groups is 1. The minimum atomic E-state index is -0.515. The fourth-order valence-corrected chi connectivity index (χ4v) is 2.53. The van der Waals surface area contributed by atoms with E-state index in [2.05, 4.69) is 6.92 Å². The Morgan fingerprint density at radius 1 is 1.31 bits per heavy atom. The average molecular weight is 225 g/mol. The number of amides is 1. The highest BCUT2D eigenvalue weighted by atomic mass is 16.3. The van der Waals surface area contributed by atoms with Crippen LogP contribution in [0, 0.1) is 5.92 Å². The molecule has 92 valence electrons. The molecule has 1 aliphatic heterocycles. The highest BCUT2D eigenvalue weighted by molar-refractivity contribution is 5.77. The normalized spacial score (nSPS) is 23.0. The standard InChI is InChI=1S/C13H23NO2/c1-2-3-4-5-6-12(15)14-9-13(16,10-14)11-7-8-11/h11,16H,2-10H2,1H3. The lowest BCUT2D eigenvalue weighted by Gasteiger charge is -2.47. The van der Waals surface area contributed by atoms with E-state index in [4.69, 9.17) is 0 Å². The van der Waals surface area contributed by atoms with Gasteiger partial charge in [0.05, 0.1) is 13.1 Å². The van der Waals surface area contributed by atoms with Crippen molar-refractivity contribution in [3.05, 3.63) is 0 Å². The van der Waals surface area contributed by atoms with Crippen LogP contribution in [-0.2, 0) is 4.79 Å². The Hall–Kier alpha value is -0.570. The van der Waals surface area contributed by atoms with Crippen LogP contribution in [0.3, 0.4) is 0 Å². The van der Waals surface area contributed by atoms with Gasteiger partial charge in [0.25, 0.3) is 0 Å². The molecule has 16 heavy (non-hydrogen) atoms. The molecule has 0 bridgehead atoms. The number of nitrogens with zero attached hydrogens (tertiary/aromatic N) is 1. The molecule has 0 aromatic carbocycles.